The summed E-state index contributed by atoms with van der Waals surface area (Å²) in [6.45, 7) is 9.67. The lowest BCUT2D eigenvalue weighted by Crippen LogP contribution is -2.45. The number of nitrogens with one attached hydrogen (secondary N) is 2. The summed E-state index contributed by atoms with van der Waals surface area (Å²) >= 11 is 0. The third-order valence-electron chi connectivity index (χ3n) is 3.85. The molecule has 5 nitrogen and oxygen atoms in total. The molecular formula is C15H32N4O. The Hall–Kier alpha value is -0.810. The molecule has 20 heavy (non-hydrogen) atoms. The molecule has 1 rings (SSSR count). The van der Waals surface area contributed by atoms with Crippen molar-refractivity contribution in [2.24, 2.45) is 4.99 Å². The number of hydrogen-bond donors (Lipinski definition) is 2. The van der Waals surface area contributed by atoms with E-state index in [0.717, 1.165) is 19.0 Å². The summed E-state index contributed by atoms with van der Waals surface area (Å²) in [5.41, 5.74) is -0.173. The van der Waals surface area contributed by atoms with Crippen LogP contribution in [0.4, 0.5) is 0 Å². The standard InChI is InChI=1S/C15H32N4O/c1-15(2,20-4)13-18-14(16-3)17-9-5-6-10-19-11-7-8-12-19/h5-13H2,1-4H3,(H2,16,17,18). The topological polar surface area (TPSA) is 48.9 Å². The molecule has 1 aliphatic rings. The maximum Gasteiger partial charge on any atom is 0.191 e. The Bertz CT molecular complexity index is 286. The zero-order valence-electron chi connectivity index (χ0n) is 13.7. The van der Waals surface area contributed by atoms with Gasteiger partial charge in [-0.25, -0.2) is 0 Å². The SMILES string of the molecule is CN=C(NCCCCN1CCCC1)NCC(C)(C)OC. The lowest BCUT2D eigenvalue weighted by atomic mass is 10.1. The summed E-state index contributed by atoms with van der Waals surface area (Å²) in [4.78, 5) is 6.79. The van der Waals surface area contributed by atoms with Gasteiger partial charge in [-0.15, -0.1) is 0 Å². The number of ether oxygens (including phenoxy) is 1. The summed E-state index contributed by atoms with van der Waals surface area (Å²) in [6, 6.07) is 0. The first-order valence-electron chi connectivity index (χ1n) is 7.79. The fourth-order valence-electron chi connectivity index (χ4n) is 2.26. The van der Waals surface area contributed by atoms with Gasteiger partial charge in [-0.05, 0) is 59.2 Å². The first kappa shape index (κ1) is 17.2. The first-order valence-corrected chi connectivity index (χ1v) is 7.79. The zero-order chi connectivity index (χ0) is 14.8. The first-order chi connectivity index (χ1) is 9.57. The third kappa shape index (κ3) is 7.10. The van der Waals surface area contributed by atoms with E-state index in [4.69, 9.17) is 4.74 Å². The lowest BCUT2D eigenvalue weighted by Gasteiger charge is -2.24. The molecule has 5 heteroatoms. The number of rotatable bonds is 8. The molecule has 0 radical (unpaired) electrons. The Morgan fingerprint density at radius 1 is 1.20 bits per heavy atom. The molecule has 0 saturated carbocycles. The minimum atomic E-state index is -0.173. The second kappa shape index (κ2) is 9.19. The van der Waals surface area contributed by atoms with Crippen LogP contribution in [0.2, 0.25) is 0 Å². The number of unbranched alkanes of at least 4 members (excludes halogenated alkanes) is 1. The minimum absolute atomic E-state index is 0.173. The van der Waals surface area contributed by atoms with Gasteiger partial charge in [-0.1, -0.05) is 0 Å². The molecular weight excluding hydrogens is 252 g/mol. The molecule has 0 aliphatic carbocycles. The van der Waals surface area contributed by atoms with Crippen LogP contribution in [0, 0.1) is 0 Å². The number of methoxy groups -OCH3 is 1. The van der Waals surface area contributed by atoms with Crippen LogP contribution >= 0.6 is 0 Å². The molecule has 2 N–H and O–H groups in total. The van der Waals surface area contributed by atoms with Crippen LogP contribution in [0.3, 0.4) is 0 Å². The highest BCUT2D eigenvalue weighted by Crippen LogP contribution is 2.08. The van der Waals surface area contributed by atoms with Crippen molar-refractivity contribution in [3.05, 3.63) is 0 Å². The number of nitrogens with zero attached hydrogens (tertiary/aromatic N) is 2. The quantitative estimate of drug-likeness (QED) is 0.402. The zero-order valence-corrected chi connectivity index (χ0v) is 13.7. The van der Waals surface area contributed by atoms with Crippen LogP contribution in [0.25, 0.3) is 0 Å². The molecule has 0 spiro atoms. The van der Waals surface area contributed by atoms with Crippen LogP contribution in [0.1, 0.15) is 39.5 Å². The molecule has 118 valence electrons. The highest BCUT2D eigenvalue weighted by molar-refractivity contribution is 5.79. The fraction of sp³-hybridized carbons (Fsp3) is 0.933. The molecule has 0 atom stereocenters. The second-order valence-corrected chi connectivity index (χ2v) is 6.07. The van der Waals surface area contributed by atoms with Gasteiger partial charge in [0, 0.05) is 27.2 Å². The van der Waals surface area contributed by atoms with E-state index in [9.17, 15) is 0 Å². The van der Waals surface area contributed by atoms with E-state index in [1.54, 1.807) is 14.2 Å². The highest BCUT2D eigenvalue weighted by atomic mass is 16.5. The van der Waals surface area contributed by atoms with Crippen LogP contribution in [0.15, 0.2) is 4.99 Å². The maximum atomic E-state index is 5.38. The van der Waals surface area contributed by atoms with E-state index < -0.39 is 0 Å². The van der Waals surface area contributed by atoms with Gasteiger partial charge in [0.1, 0.15) is 0 Å². The molecule has 1 aliphatic heterocycles. The van der Waals surface area contributed by atoms with E-state index in [1.165, 1.54) is 45.3 Å². The average Bonchev–Trinajstić information content (AvgIpc) is 2.95. The summed E-state index contributed by atoms with van der Waals surface area (Å²) in [7, 11) is 3.54. The Kier molecular flexibility index (Phi) is 7.92. The van der Waals surface area contributed by atoms with Crippen LogP contribution in [-0.2, 0) is 4.74 Å². The van der Waals surface area contributed by atoms with E-state index in [-0.39, 0.29) is 5.60 Å². The lowest BCUT2D eigenvalue weighted by molar-refractivity contribution is 0.0268. The second-order valence-electron chi connectivity index (χ2n) is 6.07. The van der Waals surface area contributed by atoms with Gasteiger partial charge in [-0.2, -0.15) is 0 Å². The fourth-order valence-corrected chi connectivity index (χ4v) is 2.26. The van der Waals surface area contributed by atoms with Crippen LogP contribution in [-0.4, -0.2) is 63.3 Å². The molecule has 0 aromatic carbocycles. The predicted molar refractivity (Wildman–Crippen MR) is 85.4 cm³/mol. The van der Waals surface area contributed by atoms with E-state index in [1.807, 2.05) is 0 Å². The Morgan fingerprint density at radius 3 is 2.50 bits per heavy atom. The Labute approximate surface area is 124 Å². The Balaban J connectivity index is 2.06. The number of aliphatic imine (C=N–C) groups is 1. The maximum absolute atomic E-state index is 5.38. The van der Waals surface area contributed by atoms with Crippen molar-refractivity contribution in [2.75, 3.05) is 46.9 Å². The highest BCUT2D eigenvalue weighted by Gasteiger charge is 2.16. The largest absolute Gasteiger partial charge is 0.377 e. The summed E-state index contributed by atoms with van der Waals surface area (Å²) in [5, 5.41) is 6.65. The smallest absolute Gasteiger partial charge is 0.191 e. The molecule has 1 heterocycles. The summed E-state index contributed by atoms with van der Waals surface area (Å²) < 4.78 is 5.38. The van der Waals surface area contributed by atoms with Crippen molar-refractivity contribution < 1.29 is 4.74 Å². The average molecular weight is 284 g/mol. The van der Waals surface area contributed by atoms with E-state index >= 15 is 0 Å². The van der Waals surface area contributed by atoms with Crippen molar-refractivity contribution in [3.8, 4) is 0 Å². The molecule has 0 aromatic heterocycles. The Morgan fingerprint density at radius 2 is 1.90 bits per heavy atom. The van der Waals surface area contributed by atoms with E-state index in [2.05, 4.69) is 34.4 Å². The van der Waals surface area contributed by atoms with Crippen molar-refractivity contribution in [1.29, 1.82) is 0 Å². The van der Waals surface area contributed by atoms with Crippen molar-refractivity contribution in [2.45, 2.75) is 45.1 Å². The monoisotopic (exact) mass is 284 g/mol. The number of guanidine groups is 1. The van der Waals surface area contributed by atoms with Gasteiger partial charge < -0.3 is 20.3 Å². The van der Waals surface area contributed by atoms with Gasteiger partial charge in [-0.3, -0.25) is 4.99 Å². The minimum Gasteiger partial charge on any atom is -0.377 e. The van der Waals surface area contributed by atoms with Gasteiger partial charge in [0.2, 0.25) is 0 Å². The summed E-state index contributed by atoms with van der Waals surface area (Å²) in [5.74, 6) is 0.858. The van der Waals surface area contributed by atoms with E-state index in [0.29, 0.717) is 0 Å². The van der Waals surface area contributed by atoms with Gasteiger partial charge in [0.05, 0.1) is 5.60 Å². The third-order valence-corrected chi connectivity index (χ3v) is 3.85. The van der Waals surface area contributed by atoms with Crippen molar-refractivity contribution >= 4 is 5.96 Å². The van der Waals surface area contributed by atoms with Crippen molar-refractivity contribution in [3.63, 3.8) is 0 Å². The van der Waals surface area contributed by atoms with Gasteiger partial charge in [0.15, 0.2) is 5.96 Å². The van der Waals surface area contributed by atoms with Crippen LogP contribution in [0.5, 0.6) is 0 Å². The molecule has 1 saturated heterocycles. The normalized spacial score (nSPS) is 17.5. The summed E-state index contributed by atoms with van der Waals surface area (Å²) in [6.07, 6.45) is 5.20. The molecule has 0 amide bonds. The van der Waals surface area contributed by atoms with Crippen molar-refractivity contribution in [1.82, 2.24) is 15.5 Å². The molecule has 0 bridgehead atoms. The predicted octanol–water partition coefficient (Wildman–Crippen LogP) is 1.45. The number of hydrogen-bond acceptors (Lipinski definition) is 3. The molecule has 0 aromatic rings. The van der Waals surface area contributed by atoms with Gasteiger partial charge >= 0.3 is 0 Å². The van der Waals surface area contributed by atoms with Gasteiger partial charge in [0.25, 0.3) is 0 Å². The molecule has 1 fully saturated rings. The van der Waals surface area contributed by atoms with Crippen LogP contribution < -0.4 is 10.6 Å². The number of likely N-dealkylation sites (tertiary alicyclic amines) is 1. The molecule has 0 unspecified atom stereocenters.